The summed E-state index contributed by atoms with van der Waals surface area (Å²) in [6, 6.07) is 15.7. The van der Waals surface area contributed by atoms with E-state index in [2.05, 4.69) is 26.0 Å². The number of hydrogen-bond donors (Lipinski definition) is 0. The van der Waals surface area contributed by atoms with Crippen LogP contribution in [0.25, 0.3) is 6.08 Å². The lowest BCUT2D eigenvalue weighted by Crippen LogP contribution is -1.99. The Morgan fingerprint density at radius 3 is 1.61 bits per heavy atom. The molecule has 0 fully saturated rings. The predicted octanol–water partition coefficient (Wildman–Crippen LogP) is 10.5. The average molecular weight is 491 g/mol. The first kappa shape index (κ1) is 29.9. The van der Waals surface area contributed by atoms with Gasteiger partial charge >= 0.3 is 0 Å². The van der Waals surface area contributed by atoms with Crippen molar-refractivity contribution in [2.75, 3.05) is 6.61 Å². The number of carbonyl (C=O) groups is 1. The Bertz CT molecular complexity index is 832. The second kappa shape index (κ2) is 19.8. The van der Waals surface area contributed by atoms with E-state index >= 15 is 0 Å². The first-order valence-electron chi connectivity index (χ1n) is 14.7. The number of ketones is 1. The number of carbonyl (C=O) groups excluding carboxylic acids is 1. The number of allylic oxidation sites excluding steroid dienone is 1. The first-order valence-corrected chi connectivity index (χ1v) is 14.7. The summed E-state index contributed by atoms with van der Waals surface area (Å²) in [6.07, 6.45) is 25.5. The number of ether oxygens (including phenoxy) is 1. The van der Waals surface area contributed by atoms with E-state index in [1.54, 1.807) is 6.08 Å². The third-order valence-corrected chi connectivity index (χ3v) is 6.91. The molecule has 0 unspecified atom stereocenters. The number of rotatable bonds is 21. The molecule has 2 nitrogen and oxygen atoms in total. The van der Waals surface area contributed by atoms with Crippen LogP contribution >= 0.6 is 0 Å². The fourth-order valence-corrected chi connectivity index (χ4v) is 4.50. The third-order valence-electron chi connectivity index (χ3n) is 6.91. The molecule has 2 rings (SSSR count). The maximum Gasteiger partial charge on any atom is 0.185 e. The van der Waals surface area contributed by atoms with Gasteiger partial charge in [-0.25, -0.2) is 0 Å². The van der Waals surface area contributed by atoms with Gasteiger partial charge in [-0.3, -0.25) is 4.79 Å². The van der Waals surface area contributed by atoms with Gasteiger partial charge in [0.15, 0.2) is 5.78 Å². The predicted molar refractivity (Wildman–Crippen MR) is 156 cm³/mol. The highest BCUT2D eigenvalue weighted by molar-refractivity contribution is 6.06. The smallest absolute Gasteiger partial charge is 0.185 e. The van der Waals surface area contributed by atoms with Crippen molar-refractivity contribution >= 4 is 11.9 Å². The summed E-state index contributed by atoms with van der Waals surface area (Å²) in [4.78, 5) is 12.4. The SMILES string of the molecule is CCCCCCCCCCCCCCCCCCOc1ccc(C(=O)C=Cc2ccc(C)cc2)cc1. The van der Waals surface area contributed by atoms with Gasteiger partial charge in [-0.05, 0) is 49.2 Å². The monoisotopic (exact) mass is 490 g/mol. The lowest BCUT2D eigenvalue weighted by Gasteiger charge is -2.07. The van der Waals surface area contributed by atoms with E-state index in [0.29, 0.717) is 5.56 Å². The standard InChI is InChI=1S/C34H50O2/c1-3-4-5-6-7-8-9-10-11-12-13-14-15-16-17-18-29-36-33-26-24-32(25-27-33)34(35)28-23-31-21-19-30(2)20-22-31/h19-28H,3-18,29H2,1-2H3. The second-order valence-corrected chi connectivity index (χ2v) is 10.3. The summed E-state index contributed by atoms with van der Waals surface area (Å²) in [5.41, 5.74) is 2.94. The molecule has 0 radical (unpaired) electrons. The van der Waals surface area contributed by atoms with Crippen LogP contribution in [-0.4, -0.2) is 12.4 Å². The van der Waals surface area contributed by atoms with Crippen LogP contribution in [0.3, 0.4) is 0 Å². The largest absolute Gasteiger partial charge is 0.494 e. The fourth-order valence-electron chi connectivity index (χ4n) is 4.50. The average Bonchev–Trinajstić information content (AvgIpc) is 2.90. The van der Waals surface area contributed by atoms with E-state index < -0.39 is 0 Å². The molecule has 0 N–H and O–H groups in total. The minimum absolute atomic E-state index is 0.0138. The maximum atomic E-state index is 12.4. The van der Waals surface area contributed by atoms with Gasteiger partial charge in [0.1, 0.15) is 5.75 Å². The van der Waals surface area contributed by atoms with Crippen molar-refractivity contribution in [1.82, 2.24) is 0 Å². The van der Waals surface area contributed by atoms with Crippen molar-refractivity contribution in [1.29, 1.82) is 0 Å². The second-order valence-electron chi connectivity index (χ2n) is 10.3. The van der Waals surface area contributed by atoms with E-state index in [-0.39, 0.29) is 5.78 Å². The quantitative estimate of drug-likeness (QED) is 0.0988. The summed E-state index contributed by atoms with van der Waals surface area (Å²) >= 11 is 0. The van der Waals surface area contributed by atoms with Crippen molar-refractivity contribution in [3.05, 3.63) is 71.3 Å². The molecule has 0 saturated carbocycles. The summed E-state index contributed by atoms with van der Waals surface area (Å²) < 4.78 is 5.87. The zero-order valence-corrected chi connectivity index (χ0v) is 23.1. The topological polar surface area (TPSA) is 26.3 Å². The van der Waals surface area contributed by atoms with E-state index in [0.717, 1.165) is 24.3 Å². The summed E-state index contributed by atoms with van der Waals surface area (Å²) in [5.74, 6) is 0.856. The van der Waals surface area contributed by atoms with Crippen molar-refractivity contribution in [2.45, 2.75) is 117 Å². The van der Waals surface area contributed by atoms with Crippen molar-refractivity contribution < 1.29 is 9.53 Å². The molecule has 0 aliphatic carbocycles. The lowest BCUT2D eigenvalue weighted by atomic mass is 10.0. The first-order chi connectivity index (χ1) is 17.7. The third kappa shape index (κ3) is 14.3. The Balaban J connectivity index is 1.43. The van der Waals surface area contributed by atoms with Crippen LogP contribution in [0.2, 0.25) is 0 Å². The van der Waals surface area contributed by atoms with E-state index in [9.17, 15) is 4.79 Å². The number of benzene rings is 2. The zero-order chi connectivity index (χ0) is 25.7. The van der Waals surface area contributed by atoms with E-state index in [4.69, 9.17) is 4.74 Å². The van der Waals surface area contributed by atoms with Crippen LogP contribution in [0.5, 0.6) is 5.75 Å². The molecule has 0 saturated heterocycles. The number of aryl methyl sites for hydroxylation is 1. The maximum absolute atomic E-state index is 12.4. The molecular weight excluding hydrogens is 440 g/mol. The van der Waals surface area contributed by atoms with Crippen molar-refractivity contribution in [3.8, 4) is 5.75 Å². The van der Waals surface area contributed by atoms with Crippen LogP contribution in [0.4, 0.5) is 0 Å². The van der Waals surface area contributed by atoms with E-state index in [1.807, 2.05) is 42.5 Å². The van der Waals surface area contributed by atoms with Gasteiger partial charge in [0.2, 0.25) is 0 Å². The minimum atomic E-state index is 0.0138. The van der Waals surface area contributed by atoms with Crippen LogP contribution in [0.15, 0.2) is 54.6 Å². The van der Waals surface area contributed by atoms with Gasteiger partial charge in [0, 0.05) is 5.56 Å². The summed E-state index contributed by atoms with van der Waals surface area (Å²) in [7, 11) is 0. The van der Waals surface area contributed by atoms with Crippen LogP contribution in [0, 0.1) is 6.92 Å². The molecule has 0 aromatic heterocycles. The number of hydrogen-bond acceptors (Lipinski definition) is 2. The van der Waals surface area contributed by atoms with Gasteiger partial charge < -0.3 is 4.74 Å². The van der Waals surface area contributed by atoms with Gasteiger partial charge in [-0.2, -0.15) is 0 Å². The highest BCUT2D eigenvalue weighted by atomic mass is 16.5. The van der Waals surface area contributed by atoms with Crippen molar-refractivity contribution in [3.63, 3.8) is 0 Å². The summed E-state index contributed by atoms with van der Waals surface area (Å²) in [6.45, 7) is 5.09. The Morgan fingerprint density at radius 1 is 0.639 bits per heavy atom. The molecule has 0 heterocycles. The Morgan fingerprint density at radius 2 is 1.11 bits per heavy atom. The molecular formula is C34H50O2. The molecule has 2 heteroatoms. The highest BCUT2D eigenvalue weighted by Gasteiger charge is 2.03. The van der Waals surface area contributed by atoms with Crippen LogP contribution < -0.4 is 4.74 Å². The molecule has 36 heavy (non-hydrogen) atoms. The highest BCUT2D eigenvalue weighted by Crippen LogP contribution is 2.16. The normalized spacial score (nSPS) is 11.3. The Kier molecular flexibility index (Phi) is 16.4. The Hall–Kier alpha value is -2.35. The molecule has 0 bridgehead atoms. The fraction of sp³-hybridized carbons (Fsp3) is 0.559. The van der Waals surface area contributed by atoms with E-state index in [1.165, 1.54) is 102 Å². The molecule has 0 atom stereocenters. The molecule has 0 amide bonds. The summed E-state index contributed by atoms with van der Waals surface area (Å²) in [5, 5.41) is 0. The number of unbranched alkanes of at least 4 members (excludes halogenated alkanes) is 15. The molecule has 2 aromatic rings. The van der Waals surface area contributed by atoms with Gasteiger partial charge in [0.25, 0.3) is 0 Å². The van der Waals surface area contributed by atoms with Gasteiger partial charge in [0.05, 0.1) is 6.61 Å². The zero-order valence-electron chi connectivity index (χ0n) is 23.1. The van der Waals surface area contributed by atoms with Gasteiger partial charge in [-0.15, -0.1) is 0 Å². The molecule has 0 aliphatic rings. The van der Waals surface area contributed by atoms with Crippen LogP contribution in [0.1, 0.15) is 131 Å². The minimum Gasteiger partial charge on any atom is -0.494 e. The van der Waals surface area contributed by atoms with Crippen molar-refractivity contribution in [2.24, 2.45) is 0 Å². The molecule has 0 spiro atoms. The van der Waals surface area contributed by atoms with Gasteiger partial charge in [-0.1, -0.05) is 139 Å². The lowest BCUT2D eigenvalue weighted by molar-refractivity contribution is 0.104. The molecule has 0 aliphatic heterocycles. The van der Waals surface area contributed by atoms with Crippen LogP contribution in [-0.2, 0) is 0 Å². The Labute approximate surface area is 221 Å². The molecule has 2 aromatic carbocycles. The molecule has 198 valence electrons.